The molecule has 0 spiro atoms. The monoisotopic (exact) mass is 322 g/mol. The summed E-state index contributed by atoms with van der Waals surface area (Å²) in [7, 11) is -3.37. The molecule has 1 saturated heterocycles. The topological polar surface area (TPSA) is 40.6 Å². The molecule has 7 heteroatoms. The van der Waals surface area contributed by atoms with E-state index in [0.717, 1.165) is 24.4 Å². The van der Waals surface area contributed by atoms with Crippen molar-refractivity contribution in [2.45, 2.75) is 30.5 Å². The molecule has 0 aromatic carbocycles. The SMILES string of the molecule is CC(C)(C)N1CCN(S(=O)(=O)c2ccc(Cl)s2)CC1. The molecule has 0 amide bonds. The van der Waals surface area contributed by atoms with Crippen LogP contribution in [0.2, 0.25) is 4.34 Å². The van der Waals surface area contributed by atoms with E-state index in [1.807, 2.05) is 0 Å². The van der Waals surface area contributed by atoms with E-state index in [-0.39, 0.29) is 5.54 Å². The highest BCUT2D eigenvalue weighted by molar-refractivity contribution is 7.91. The summed E-state index contributed by atoms with van der Waals surface area (Å²) in [6.45, 7) is 9.05. The Morgan fingerprint density at radius 3 is 2.16 bits per heavy atom. The minimum absolute atomic E-state index is 0.0854. The zero-order chi connectivity index (χ0) is 14.3. The van der Waals surface area contributed by atoms with Crippen molar-refractivity contribution >= 4 is 33.0 Å². The van der Waals surface area contributed by atoms with Crippen LogP contribution < -0.4 is 0 Å². The first-order valence-corrected chi connectivity index (χ1v) is 8.85. The second kappa shape index (κ2) is 5.33. The Morgan fingerprint density at radius 2 is 1.74 bits per heavy atom. The highest BCUT2D eigenvalue weighted by atomic mass is 35.5. The molecular weight excluding hydrogens is 304 g/mol. The molecule has 0 radical (unpaired) electrons. The molecule has 0 aliphatic carbocycles. The van der Waals surface area contributed by atoms with Crippen molar-refractivity contribution in [1.82, 2.24) is 9.21 Å². The molecule has 0 bridgehead atoms. The van der Waals surface area contributed by atoms with Gasteiger partial charge in [-0.2, -0.15) is 4.31 Å². The average Bonchev–Trinajstić information content (AvgIpc) is 2.76. The molecule has 0 saturated carbocycles. The van der Waals surface area contributed by atoms with Crippen molar-refractivity contribution in [1.29, 1.82) is 0 Å². The maximum absolute atomic E-state index is 12.4. The van der Waals surface area contributed by atoms with Crippen molar-refractivity contribution in [2.24, 2.45) is 0 Å². The zero-order valence-corrected chi connectivity index (χ0v) is 13.8. The summed E-state index contributed by atoms with van der Waals surface area (Å²) in [5, 5.41) is 0. The number of thiophene rings is 1. The van der Waals surface area contributed by atoms with Crippen molar-refractivity contribution in [3.8, 4) is 0 Å². The molecule has 4 nitrogen and oxygen atoms in total. The first-order chi connectivity index (χ1) is 8.71. The Morgan fingerprint density at radius 1 is 1.16 bits per heavy atom. The lowest BCUT2D eigenvalue weighted by atomic mass is 10.1. The Labute approximate surface area is 124 Å². The quantitative estimate of drug-likeness (QED) is 0.840. The van der Waals surface area contributed by atoms with Gasteiger partial charge in [0.1, 0.15) is 4.21 Å². The van der Waals surface area contributed by atoms with Crippen molar-refractivity contribution in [2.75, 3.05) is 26.2 Å². The van der Waals surface area contributed by atoms with E-state index >= 15 is 0 Å². The summed E-state index contributed by atoms with van der Waals surface area (Å²) >= 11 is 6.93. The Kier molecular flexibility index (Phi) is 4.28. The molecule has 1 aliphatic rings. The molecule has 19 heavy (non-hydrogen) atoms. The van der Waals surface area contributed by atoms with Crippen LogP contribution in [0.25, 0.3) is 0 Å². The van der Waals surface area contributed by atoms with Gasteiger partial charge < -0.3 is 0 Å². The zero-order valence-electron chi connectivity index (χ0n) is 11.4. The molecule has 0 atom stereocenters. The number of hydrogen-bond acceptors (Lipinski definition) is 4. The van der Waals surface area contributed by atoms with Gasteiger partial charge in [-0.1, -0.05) is 11.6 Å². The average molecular weight is 323 g/mol. The van der Waals surface area contributed by atoms with Crippen molar-refractivity contribution in [3.63, 3.8) is 0 Å². The maximum atomic E-state index is 12.4. The molecule has 1 aliphatic heterocycles. The van der Waals surface area contributed by atoms with E-state index in [0.29, 0.717) is 21.6 Å². The summed E-state index contributed by atoms with van der Waals surface area (Å²) in [6.07, 6.45) is 0. The Hall–Kier alpha value is -0.140. The van der Waals surface area contributed by atoms with Gasteiger partial charge in [0.05, 0.1) is 4.34 Å². The summed E-state index contributed by atoms with van der Waals surface area (Å²) in [6, 6.07) is 3.21. The van der Waals surface area contributed by atoms with Crippen LogP contribution in [0.4, 0.5) is 0 Å². The van der Waals surface area contributed by atoms with Crippen LogP contribution in [0.5, 0.6) is 0 Å². The van der Waals surface area contributed by atoms with Gasteiger partial charge in [-0.3, -0.25) is 4.90 Å². The van der Waals surface area contributed by atoms with Crippen LogP contribution in [-0.2, 0) is 10.0 Å². The molecular formula is C12H19ClN2O2S2. The van der Waals surface area contributed by atoms with Gasteiger partial charge in [0.2, 0.25) is 0 Å². The molecule has 1 aromatic heterocycles. The molecule has 1 aromatic rings. The fraction of sp³-hybridized carbons (Fsp3) is 0.667. The predicted octanol–water partition coefficient (Wildman–Crippen LogP) is 2.51. The van der Waals surface area contributed by atoms with Gasteiger partial charge in [-0.25, -0.2) is 8.42 Å². The third kappa shape index (κ3) is 3.31. The van der Waals surface area contributed by atoms with Crippen molar-refractivity contribution in [3.05, 3.63) is 16.5 Å². The summed E-state index contributed by atoms with van der Waals surface area (Å²) < 4.78 is 27.2. The van der Waals surface area contributed by atoms with E-state index in [4.69, 9.17) is 11.6 Å². The largest absolute Gasteiger partial charge is 0.296 e. The minimum Gasteiger partial charge on any atom is -0.296 e. The minimum atomic E-state index is -3.37. The lowest BCUT2D eigenvalue weighted by Gasteiger charge is -2.41. The molecule has 108 valence electrons. The van der Waals surface area contributed by atoms with Crippen LogP contribution in [-0.4, -0.2) is 49.3 Å². The van der Waals surface area contributed by atoms with Crippen LogP contribution in [0.1, 0.15) is 20.8 Å². The van der Waals surface area contributed by atoms with Crippen LogP contribution in [0, 0.1) is 0 Å². The van der Waals surface area contributed by atoms with Crippen molar-refractivity contribution < 1.29 is 8.42 Å². The van der Waals surface area contributed by atoms with Gasteiger partial charge in [-0.15, -0.1) is 11.3 Å². The summed E-state index contributed by atoms with van der Waals surface area (Å²) in [5.41, 5.74) is 0.0854. The highest BCUT2D eigenvalue weighted by Gasteiger charge is 2.32. The summed E-state index contributed by atoms with van der Waals surface area (Å²) in [4.78, 5) is 2.31. The van der Waals surface area contributed by atoms with Crippen LogP contribution in [0.15, 0.2) is 16.3 Å². The van der Waals surface area contributed by atoms with E-state index in [2.05, 4.69) is 25.7 Å². The second-order valence-corrected chi connectivity index (χ2v) is 9.50. The smallest absolute Gasteiger partial charge is 0.252 e. The first-order valence-electron chi connectivity index (χ1n) is 6.22. The van der Waals surface area contributed by atoms with E-state index < -0.39 is 10.0 Å². The van der Waals surface area contributed by atoms with E-state index in [9.17, 15) is 8.42 Å². The summed E-state index contributed by atoms with van der Waals surface area (Å²) in [5.74, 6) is 0. The second-order valence-electron chi connectivity index (χ2n) is 5.62. The van der Waals surface area contributed by atoms with Gasteiger partial charge >= 0.3 is 0 Å². The lowest BCUT2D eigenvalue weighted by Crippen LogP contribution is -2.54. The Balaban J connectivity index is 2.09. The Bertz CT molecular complexity index is 540. The molecule has 2 rings (SSSR count). The molecule has 0 N–H and O–H groups in total. The number of rotatable bonds is 2. The fourth-order valence-corrected chi connectivity index (χ4v) is 5.22. The maximum Gasteiger partial charge on any atom is 0.252 e. The van der Waals surface area contributed by atoms with Gasteiger partial charge in [-0.05, 0) is 32.9 Å². The fourth-order valence-electron chi connectivity index (χ4n) is 2.16. The van der Waals surface area contributed by atoms with Crippen LogP contribution >= 0.6 is 22.9 Å². The van der Waals surface area contributed by atoms with Crippen LogP contribution in [0.3, 0.4) is 0 Å². The number of piperazine rings is 1. The molecule has 0 unspecified atom stereocenters. The standard InChI is InChI=1S/C12H19ClN2O2S2/c1-12(2,3)14-6-8-15(9-7-14)19(16,17)11-5-4-10(13)18-11/h4-5H,6-9H2,1-3H3. The molecule has 1 fully saturated rings. The highest BCUT2D eigenvalue weighted by Crippen LogP contribution is 2.29. The number of nitrogens with zero attached hydrogens (tertiary/aromatic N) is 2. The van der Waals surface area contributed by atoms with E-state index in [1.54, 1.807) is 16.4 Å². The van der Waals surface area contributed by atoms with E-state index in [1.165, 1.54) is 0 Å². The third-order valence-electron chi connectivity index (χ3n) is 3.33. The third-order valence-corrected chi connectivity index (χ3v) is 6.93. The number of halogens is 1. The predicted molar refractivity (Wildman–Crippen MR) is 79.4 cm³/mol. The normalized spacial score (nSPS) is 19.8. The van der Waals surface area contributed by atoms with Gasteiger partial charge in [0.15, 0.2) is 0 Å². The lowest BCUT2D eigenvalue weighted by molar-refractivity contribution is 0.0922. The number of sulfonamides is 1. The van der Waals surface area contributed by atoms with Gasteiger partial charge in [0.25, 0.3) is 10.0 Å². The van der Waals surface area contributed by atoms with Gasteiger partial charge in [0, 0.05) is 31.7 Å². The first kappa shape index (κ1) is 15.3. The molecule has 2 heterocycles. The number of hydrogen-bond donors (Lipinski definition) is 0.